The number of nitrogens with zero attached hydrogens (tertiary/aromatic N) is 3. The lowest BCUT2D eigenvalue weighted by Gasteiger charge is -2.25. The van der Waals surface area contributed by atoms with Gasteiger partial charge in [-0.25, -0.2) is 9.18 Å². The highest BCUT2D eigenvalue weighted by Crippen LogP contribution is 2.55. The van der Waals surface area contributed by atoms with Crippen molar-refractivity contribution in [3.8, 4) is 22.6 Å². The molecule has 1 aliphatic rings. The number of phenols is 1. The van der Waals surface area contributed by atoms with Crippen molar-refractivity contribution in [2.75, 3.05) is 22.1 Å². The average molecular weight is 584 g/mol. The van der Waals surface area contributed by atoms with Crippen molar-refractivity contribution >= 4 is 28.8 Å². The van der Waals surface area contributed by atoms with Crippen molar-refractivity contribution in [3.05, 3.63) is 77.4 Å². The van der Waals surface area contributed by atoms with Crippen LogP contribution in [0.4, 0.5) is 45.1 Å². The zero-order valence-corrected chi connectivity index (χ0v) is 23.5. The number of aromatic hydroxyl groups is 1. The highest BCUT2D eigenvalue weighted by Gasteiger charge is 2.43. The minimum absolute atomic E-state index is 0.239. The number of benzene rings is 3. The van der Waals surface area contributed by atoms with E-state index < -0.39 is 29.4 Å². The van der Waals surface area contributed by atoms with Gasteiger partial charge in [-0.05, 0) is 55.8 Å². The summed E-state index contributed by atoms with van der Waals surface area (Å²) in [4.78, 5) is 14.7. The van der Waals surface area contributed by atoms with E-state index in [0.717, 1.165) is 23.9 Å². The maximum atomic E-state index is 15.7. The van der Waals surface area contributed by atoms with Crippen LogP contribution >= 0.6 is 0 Å². The molecule has 4 aromatic rings. The number of hydrogen-bond acceptors (Lipinski definition) is 5. The minimum atomic E-state index is -4.82. The van der Waals surface area contributed by atoms with Crippen molar-refractivity contribution in [2.45, 2.75) is 39.5 Å². The van der Waals surface area contributed by atoms with Gasteiger partial charge in [-0.3, -0.25) is 4.68 Å². The lowest BCUT2D eigenvalue weighted by molar-refractivity contribution is -0.274. The summed E-state index contributed by atoms with van der Waals surface area (Å²) >= 11 is 0. The van der Waals surface area contributed by atoms with E-state index in [1.807, 2.05) is 32.6 Å². The Labute approximate surface area is 239 Å². The summed E-state index contributed by atoms with van der Waals surface area (Å²) < 4.78 is 58.5. The summed E-state index contributed by atoms with van der Waals surface area (Å²) in [7, 11) is 1.79. The number of hydrogen-bond donors (Lipinski definition) is 3. The van der Waals surface area contributed by atoms with Crippen LogP contribution in [-0.4, -0.2) is 33.8 Å². The predicted octanol–water partition coefficient (Wildman–Crippen LogP) is 7.52. The van der Waals surface area contributed by atoms with Crippen LogP contribution in [0.5, 0.6) is 11.5 Å². The molecule has 5 rings (SSSR count). The first-order valence-corrected chi connectivity index (χ1v) is 13.0. The number of aryl methyl sites for hydroxylation is 2. The number of aromatic nitrogens is 2. The number of alkyl halides is 3. The Hall–Kier alpha value is -4.74. The van der Waals surface area contributed by atoms with Gasteiger partial charge >= 0.3 is 12.4 Å². The first-order valence-electron chi connectivity index (χ1n) is 13.0. The number of fused-ring (bicyclic) bond motifs is 1. The van der Waals surface area contributed by atoms with Crippen LogP contribution in [0.15, 0.2) is 54.6 Å². The normalized spacial score (nSPS) is 14.1. The minimum Gasteiger partial charge on any atom is -0.506 e. The third-order valence-corrected chi connectivity index (χ3v) is 7.28. The van der Waals surface area contributed by atoms with Crippen LogP contribution in [0.25, 0.3) is 11.1 Å². The van der Waals surface area contributed by atoms with Gasteiger partial charge in [-0.2, -0.15) is 5.10 Å². The Kier molecular flexibility index (Phi) is 7.04. The van der Waals surface area contributed by atoms with Crippen LogP contribution in [-0.2, 0) is 12.5 Å². The molecule has 0 saturated carbocycles. The predicted molar refractivity (Wildman–Crippen MR) is 152 cm³/mol. The molecule has 0 radical (unpaired) electrons. The first kappa shape index (κ1) is 28.8. The Balaban J connectivity index is 1.49. The van der Waals surface area contributed by atoms with Crippen LogP contribution in [0.2, 0.25) is 0 Å². The van der Waals surface area contributed by atoms with Gasteiger partial charge < -0.3 is 25.4 Å². The zero-order valence-electron chi connectivity index (χ0n) is 23.5. The number of ether oxygens (including phenoxy) is 1. The van der Waals surface area contributed by atoms with Crippen molar-refractivity contribution in [1.29, 1.82) is 0 Å². The fourth-order valence-electron chi connectivity index (χ4n) is 5.54. The van der Waals surface area contributed by atoms with E-state index in [9.17, 15) is 23.1 Å². The summed E-state index contributed by atoms with van der Waals surface area (Å²) in [5.74, 6) is -1.21. The molecule has 0 spiro atoms. The van der Waals surface area contributed by atoms with Gasteiger partial charge in [0.05, 0.1) is 22.8 Å². The maximum Gasteiger partial charge on any atom is 0.573 e. The van der Waals surface area contributed by atoms with Crippen molar-refractivity contribution in [2.24, 2.45) is 7.05 Å². The van der Waals surface area contributed by atoms with Gasteiger partial charge in [-0.15, -0.1) is 13.2 Å². The molecule has 0 bridgehead atoms. The number of anilines is 4. The van der Waals surface area contributed by atoms with Crippen LogP contribution in [0.1, 0.15) is 30.8 Å². The summed E-state index contributed by atoms with van der Waals surface area (Å²) in [5, 5.41) is 20.9. The van der Waals surface area contributed by atoms with Crippen LogP contribution in [0.3, 0.4) is 0 Å². The number of carbonyl (C=O) groups excluding carboxylic acids is 1. The molecule has 3 aromatic carbocycles. The lowest BCUT2D eigenvalue weighted by Crippen LogP contribution is -2.27. The summed E-state index contributed by atoms with van der Waals surface area (Å²) in [6.45, 7) is 7.97. The Morgan fingerprint density at radius 2 is 1.71 bits per heavy atom. The molecular weight excluding hydrogens is 554 g/mol. The molecule has 42 heavy (non-hydrogen) atoms. The molecule has 12 heteroatoms. The fourth-order valence-corrected chi connectivity index (χ4v) is 5.54. The van der Waals surface area contributed by atoms with Gasteiger partial charge in [-0.1, -0.05) is 26.0 Å². The molecule has 0 aliphatic carbocycles. The van der Waals surface area contributed by atoms with Gasteiger partial charge in [0.25, 0.3) is 0 Å². The van der Waals surface area contributed by atoms with Crippen molar-refractivity contribution in [1.82, 2.24) is 9.78 Å². The number of nitrogens with one attached hydrogen (secondary N) is 2. The molecule has 0 unspecified atom stereocenters. The highest BCUT2D eigenvalue weighted by molar-refractivity contribution is 6.03. The molecule has 1 aliphatic heterocycles. The summed E-state index contributed by atoms with van der Waals surface area (Å²) in [5.41, 5.74) is 4.11. The average Bonchev–Trinajstić information content (AvgIpc) is 3.31. The van der Waals surface area contributed by atoms with Crippen molar-refractivity contribution in [3.63, 3.8) is 0 Å². The molecule has 0 fully saturated rings. The van der Waals surface area contributed by atoms with Gasteiger partial charge in [0, 0.05) is 47.6 Å². The zero-order chi connectivity index (χ0) is 30.6. The lowest BCUT2D eigenvalue weighted by atomic mass is 9.81. The van der Waals surface area contributed by atoms with E-state index in [4.69, 9.17) is 0 Å². The standard InChI is InChI=1S/C30H29F4N5O3/c1-16-24(17(2)38(5)37-16)25-20(31)14-23(40)27-26(25)29(3,4)15-39(27)22-9-7-6-8-21(22)36-28(41)35-18-10-12-19(13-11-18)42-30(32,33)34/h6-14,40H,15H2,1-5H3,(H2,35,36,41). The van der Waals surface area contributed by atoms with E-state index in [-0.39, 0.29) is 11.4 Å². The number of carbonyl (C=O) groups is 1. The largest absolute Gasteiger partial charge is 0.573 e. The molecule has 0 saturated heterocycles. The molecule has 220 valence electrons. The second kappa shape index (κ2) is 10.3. The van der Waals surface area contributed by atoms with E-state index in [2.05, 4.69) is 20.5 Å². The van der Waals surface area contributed by atoms with Crippen LogP contribution < -0.4 is 20.3 Å². The van der Waals surface area contributed by atoms with E-state index >= 15 is 4.39 Å². The highest BCUT2D eigenvalue weighted by atomic mass is 19.4. The fraction of sp³-hybridized carbons (Fsp3) is 0.267. The first-order chi connectivity index (χ1) is 19.7. The third-order valence-electron chi connectivity index (χ3n) is 7.28. The van der Waals surface area contributed by atoms with E-state index in [0.29, 0.717) is 46.0 Å². The second-order valence-electron chi connectivity index (χ2n) is 10.8. The summed E-state index contributed by atoms with van der Waals surface area (Å²) in [6, 6.07) is 12.1. The Morgan fingerprint density at radius 3 is 2.33 bits per heavy atom. The molecule has 3 N–H and O–H groups in total. The Morgan fingerprint density at radius 1 is 1.05 bits per heavy atom. The van der Waals surface area contributed by atoms with Crippen molar-refractivity contribution < 1.29 is 32.2 Å². The Bertz CT molecular complexity index is 1680. The molecule has 2 amide bonds. The smallest absolute Gasteiger partial charge is 0.506 e. The molecule has 1 aromatic heterocycles. The maximum absolute atomic E-state index is 15.7. The van der Waals surface area contributed by atoms with E-state index in [1.54, 1.807) is 36.0 Å². The number of phenolic OH excluding ortho intramolecular Hbond substituents is 1. The SMILES string of the molecule is Cc1nn(C)c(C)c1-c1c(F)cc(O)c2c1C(C)(C)CN2c1ccccc1NC(=O)Nc1ccc(OC(F)(F)F)cc1. The van der Waals surface area contributed by atoms with Crippen LogP contribution in [0, 0.1) is 19.7 Å². The number of halogens is 4. The summed E-state index contributed by atoms with van der Waals surface area (Å²) in [6.07, 6.45) is -4.82. The number of urea groups is 1. The monoisotopic (exact) mass is 583 g/mol. The second-order valence-corrected chi connectivity index (χ2v) is 10.8. The quantitative estimate of drug-likeness (QED) is 0.212. The molecule has 0 atom stereocenters. The molecule has 2 heterocycles. The van der Waals surface area contributed by atoms with E-state index in [1.165, 1.54) is 12.1 Å². The third kappa shape index (κ3) is 5.31. The van der Waals surface area contributed by atoms with Gasteiger partial charge in [0.1, 0.15) is 17.3 Å². The molecular formula is C30H29F4N5O3. The number of amides is 2. The number of para-hydroxylation sites is 2. The molecule has 8 nitrogen and oxygen atoms in total. The topological polar surface area (TPSA) is 91.7 Å². The van der Waals surface area contributed by atoms with Gasteiger partial charge in [0.2, 0.25) is 0 Å². The van der Waals surface area contributed by atoms with Gasteiger partial charge in [0.15, 0.2) is 0 Å². The number of rotatable bonds is 5.